The smallest absolute Gasteiger partial charge is 0.129 e. The van der Waals surface area contributed by atoms with E-state index in [2.05, 4.69) is 34.3 Å². The van der Waals surface area contributed by atoms with E-state index in [-0.39, 0.29) is 0 Å². The molecule has 1 aromatic heterocycles. The summed E-state index contributed by atoms with van der Waals surface area (Å²) in [5.41, 5.74) is 1.31. The Hall–Kier alpha value is -1.09. The molecule has 2 heterocycles. The summed E-state index contributed by atoms with van der Waals surface area (Å²) in [6.07, 6.45) is 7.23. The van der Waals surface area contributed by atoms with Crippen LogP contribution in [0.4, 0.5) is 5.82 Å². The zero-order valence-corrected chi connectivity index (χ0v) is 10.9. The van der Waals surface area contributed by atoms with E-state index in [4.69, 9.17) is 0 Å². The first-order valence-electron chi connectivity index (χ1n) is 6.67. The Labute approximate surface area is 104 Å². The van der Waals surface area contributed by atoms with Gasteiger partial charge in [-0.3, -0.25) is 0 Å². The van der Waals surface area contributed by atoms with Crippen LogP contribution in [-0.4, -0.2) is 24.6 Å². The standard InChI is InChI=1S/C14H23N3/c1-12-6-4-3-5-9-17(12)14-10-13(11-15-2)7-8-16-14/h7-8,10,12,15H,3-6,9,11H2,1-2H3. The van der Waals surface area contributed by atoms with Crippen molar-refractivity contribution >= 4 is 5.82 Å². The summed E-state index contributed by atoms with van der Waals surface area (Å²) < 4.78 is 0. The first-order valence-corrected chi connectivity index (χ1v) is 6.67. The summed E-state index contributed by atoms with van der Waals surface area (Å²) in [6.45, 7) is 4.38. The maximum Gasteiger partial charge on any atom is 0.129 e. The maximum atomic E-state index is 4.54. The first-order chi connectivity index (χ1) is 8.31. The van der Waals surface area contributed by atoms with Gasteiger partial charge in [-0.15, -0.1) is 0 Å². The highest BCUT2D eigenvalue weighted by molar-refractivity contribution is 5.42. The summed E-state index contributed by atoms with van der Waals surface area (Å²) in [5.74, 6) is 1.15. The van der Waals surface area contributed by atoms with Crippen LogP contribution in [0.1, 0.15) is 38.2 Å². The number of rotatable bonds is 3. The average molecular weight is 233 g/mol. The normalized spacial score (nSPS) is 21.3. The second-order valence-electron chi connectivity index (χ2n) is 4.94. The minimum Gasteiger partial charge on any atom is -0.354 e. The van der Waals surface area contributed by atoms with Crippen LogP contribution in [0.25, 0.3) is 0 Å². The molecule has 1 saturated heterocycles. The highest BCUT2D eigenvalue weighted by Crippen LogP contribution is 2.22. The number of nitrogens with one attached hydrogen (secondary N) is 1. The van der Waals surface area contributed by atoms with Crippen molar-refractivity contribution in [2.24, 2.45) is 0 Å². The van der Waals surface area contributed by atoms with Gasteiger partial charge < -0.3 is 10.2 Å². The van der Waals surface area contributed by atoms with E-state index in [1.54, 1.807) is 0 Å². The fourth-order valence-corrected chi connectivity index (χ4v) is 2.55. The Balaban J connectivity index is 2.16. The van der Waals surface area contributed by atoms with Crippen molar-refractivity contribution < 1.29 is 0 Å². The van der Waals surface area contributed by atoms with Gasteiger partial charge in [0.05, 0.1) is 0 Å². The molecule has 94 valence electrons. The number of anilines is 1. The lowest BCUT2D eigenvalue weighted by molar-refractivity contribution is 0.610. The Morgan fingerprint density at radius 3 is 3.12 bits per heavy atom. The Morgan fingerprint density at radius 1 is 1.41 bits per heavy atom. The van der Waals surface area contributed by atoms with Crippen molar-refractivity contribution in [1.29, 1.82) is 0 Å². The van der Waals surface area contributed by atoms with Crippen LogP contribution in [-0.2, 0) is 6.54 Å². The lowest BCUT2D eigenvalue weighted by Gasteiger charge is -2.28. The van der Waals surface area contributed by atoms with E-state index in [9.17, 15) is 0 Å². The molecule has 2 rings (SSSR count). The largest absolute Gasteiger partial charge is 0.354 e. The van der Waals surface area contributed by atoms with Gasteiger partial charge in [0.15, 0.2) is 0 Å². The SMILES string of the molecule is CNCc1ccnc(N2CCCCCC2C)c1. The zero-order chi connectivity index (χ0) is 12.1. The molecule has 0 radical (unpaired) electrons. The fourth-order valence-electron chi connectivity index (χ4n) is 2.55. The van der Waals surface area contributed by atoms with Crippen LogP contribution >= 0.6 is 0 Å². The van der Waals surface area contributed by atoms with E-state index in [1.807, 2.05) is 13.2 Å². The van der Waals surface area contributed by atoms with E-state index in [0.717, 1.165) is 18.9 Å². The average Bonchev–Trinajstić information content (AvgIpc) is 2.55. The minimum atomic E-state index is 0.620. The van der Waals surface area contributed by atoms with Gasteiger partial charge in [0.2, 0.25) is 0 Å². The lowest BCUT2D eigenvalue weighted by atomic mass is 10.1. The highest BCUT2D eigenvalue weighted by Gasteiger charge is 2.18. The Kier molecular flexibility index (Phi) is 4.37. The van der Waals surface area contributed by atoms with Crippen molar-refractivity contribution in [3.63, 3.8) is 0 Å². The molecule has 0 amide bonds. The van der Waals surface area contributed by atoms with Crippen LogP contribution in [0.2, 0.25) is 0 Å². The lowest BCUT2D eigenvalue weighted by Crippen LogP contribution is -2.33. The van der Waals surface area contributed by atoms with E-state index in [1.165, 1.54) is 31.2 Å². The van der Waals surface area contributed by atoms with Crippen LogP contribution in [0.15, 0.2) is 18.3 Å². The predicted molar refractivity (Wildman–Crippen MR) is 72.3 cm³/mol. The van der Waals surface area contributed by atoms with E-state index >= 15 is 0 Å². The van der Waals surface area contributed by atoms with E-state index in [0.29, 0.717) is 6.04 Å². The molecule has 0 aromatic carbocycles. The number of aromatic nitrogens is 1. The van der Waals surface area contributed by atoms with Crippen LogP contribution in [0, 0.1) is 0 Å². The monoisotopic (exact) mass is 233 g/mol. The summed E-state index contributed by atoms with van der Waals surface area (Å²) in [5, 5.41) is 3.19. The van der Waals surface area contributed by atoms with Gasteiger partial charge in [-0.05, 0) is 44.5 Å². The second kappa shape index (κ2) is 6.01. The third kappa shape index (κ3) is 3.19. The third-order valence-electron chi connectivity index (χ3n) is 3.54. The molecule has 0 aliphatic carbocycles. The molecule has 1 atom stereocenters. The molecule has 1 fully saturated rings. The molecule has 0 saturated carbocycles. The Bertz CT molecular complexity index is 351. The van der Waals surface area contributed by atoms with Gasteiger partial charge in [0, 0.05) is 25.3 Å². The third-order valence-corrected chi connectivity index (χ3v) is 3.54. The zero-order valence-electron chi connectivity index (χ0n) is 10.9. The number of hydrogen-bond acceptors (Lipinski definition) is 3. The van der Waals surface area contributed by atoms with Gasteiger partial charge in [0.25, 0.3) is 0 Å². The topological polar surface area (TPSA) is 28.2 Å². The van der Waals surface area contributed by atoms with Crippen LogP contribution < -0.4 is 10.2 Å². The number of nitrogens with zero attached hydrogens (tertiary/aromatic N) is 2. The van der Waals surface area contributed by atoms with Crippen molar-refractivity contribution in [1.82, 2.24) is 10.3 Å². The van der Waals surface area contributed by atoms with Gasteiger partial charge in [0.1, 0.15) is 5.82 Å². The Morgan fingerprint density at radius 2 is 2.29 bits per heavy atom. The van der Waals surface area contributed by atoms with Gasteiger partial charge >= 0.3 is 0 Å². The van der Waals surface area contributed by atoms with Crippen LogP contribution in [0.3, 0.4) is 0 Å². The molecular weight excluding hydrogens is 210 g/mol. The van der Waals surface area contributed by atoms with Gasteiger partial charge in [-0.25, -0.2) is 4.98 Å². The minimum absolute atomic E-state index is 0.620. The molecule has 1 aliphatic heterocycles. The molecule has 1 unspecified atom stereocenters. The first kappa shape index (κ1) is 12.4. The van der Waals surface area contributed by atoms with Crippen molar-refractivity contribution in [2.75, 3.05) is 18.5 Å². The number of hydrogen-bond donors (Lipinski definition) is 1. The molecule has 3 nitrogen and oxygen atoms in total. The summed E-state index contributed by atoms with van der Waals surface area (Å²) in [6, 6.07) is 4.93. The molecular formula is C14H23N3. The van der Waals surface area contributed by atoms with Crippen LogP contribution in [0.5, 0.6) is 0 Å². The van der Waals surface area contributed by atoms with Gasteiger partial charge in [-0.1, -0.05) is 12.8 Å². The molecule has 1 aliphatic rings. The quantitative estimate of drug-likeness (QED) is 0.869. The second-order valence-corrected chi connectivity index (χ2v) is 4.94. The molecule has 1 N–H and O–H groups in total. The molecule has 3 heteroatoms. The summed E-state index contributed by atoms with van der Waals surface area (Å²) >= 11 is 0. The van der Waals surface area contributed by atoms with Crippen molar-refractivity contribution in [2.45, 2.75) is 45.2 Å². The molecule has 0 spiro atoms. The molecule has 17 heavy (non-hydrogen) atoms. The fraction of sp³-hybridized carbons (Fsp3) is 0.643. The van der Waals surface area contributed by atoms with Gasteiger partial charge in [-0.2, -0.15) is 0 Å². The van der Waals surface area contributed by atoms with E-state index < -0.39 is 0 Å². The summed E-state index contributed by atoms with van der Waals surface area (Å²) in [7, 11) is 1.98. The molecule has 1 aromatic rings. The van der Waals surface area contributed by atoms with Crippen molar-refractivity contribution in [3.8, 4) is 0 Å². The maximum absolute atomic E-state index is 4.54. The molecule has 0 bridgehead atoms. The number of pyridine rings is 1. The highest BCUT2D eigenvalue weighted by atomic mass is 15.2. The van der Waals surface area contributed by atoms with Crippen molar-refractivity contribution in [3.05, 3.63) is 23.9 Å². The predicted octanol–water partition coefficient (Wildman–Crippen LogP) is 2.57. The summed E-state index contributed by atoms with van der Waals surface area (Å²) in [4.78, 5) is 7.00.